The van der Waals surface area contributed by atoms with Crippen molar-refractivity contribution in [1.82, 2.24) is 28.7 Å². The normalized spacial score (nSPS) is 13.3. The average Bonchev–Trinajstić information content (AvgIpc) is 3.69. The molecule has 0 fully saturated rings. The molecule has 0 aliphatic rings. The Morgan fingerprint density at radius 3 is 2.17 bits per heavy atom. The molecule has 5 aromatic heterocycles. The van der Waals surface area contributed by atoms with Gasteiger partial charge >= 0.3 is 12.4 Å². The van der Waals surface area contributed by atoms with Gasteiger partial charge in [-0.1, -0.05) is 36.0 Å². The van der Waals surface area contributed by atoms with Crippen molar-refractivity contribution < 1.29 is 35.8 Å². The summed E-state index contributed by atoms with van der Waals surface area (Å²) in [4.78, 5) is 17.5. The zero-order valence-electron chi connectivity index (χ0n) is 24.6. The molecule has 0 spiro atoms. The second-order valence-electron chi connectivity index (χ2n) is 10.8. The molecule has 0 aliphatic heterocycles. The summed E-state index contributed by atoms with van der Waals surface area (Å²) in [5, 5.41) is -0.301. The van der Waals surface area contributed by atoms with Crippen molar-refractivity contribution in [2.75, 3.05) is 13.2 Å². The van der Waals surface area contributed by atoms with Crippen molar-refractivity contribution in [3.05, 3.63) is 95.6 Å². The predicted molar refractivity (Wildman–Crippen MR) is 164 cm³/mol. The van der Waals surface area contributed by atoms with Crippen molar-refractivity contribution in [2.45, 2.75) is 36.6 Å². The first kappa shape index (κ1) is 30.7. The zero-order chi connectivity index (χ0) is 33.1. The number of aromatic amines is 1. The van der Waals surface area contributed by atoms with Crippen LogP contribution in [-0.4, -0.2) is 54.3 Å². The molecule has 0 aliphatic carbocycles. The number of nitrogens with one attached hydrogen (secondary N) is 1. The van der Waals surface area contributed by atoms with Gasteiger partial charge in [0.15, 0.2) is 18.4 Å². The van der Waals surface area contributed by atoms with Crippen LogP contribution in [0.5, 0.6) is 11.5 Å². The van der Waals surface area contributed by atoms with Crippen LogP contribution in [0.4, 0.5) is 26.3 Å². The highest BCUT2D eigenvalue weighted by Gasteiger charge is 2.34. The highest BCUT2D eigenvalue weighted by molar-refractivity contribution is 7.99. The number of benzene rings is 2. The van der Waals surface area contributed by atoms with E-state index in [1.54, 1.807) is 24.4 Å². The van der Waals surface area contributed by atoms with E-state index in [1.165, 1.54) is 30.1 Å². The smallest absolute Gasteiger partial charge is 0.422 e. The van der Waals surface area contributed by atoms with E-state index < -0.39 is 30.8 Å². The fourth-order valence-electron chi connectivity index (χ4n) is 5.65. The van der Waals surface area contributed by atoms with Crippen molar-refractivity contribution in [1.29, 1.82) is 0 Å². The molecule has 47 heavy (non-hydrogen) atoms. The minimum absolute atomic E-state index is 0.0105. The number of H-pyrrole nitrogens is 1. The molecule has 0 amide bonds. The molecule has 242 valence electrons. The molecule has 7 rings (SSSR count). The Balaban J connectivity index is 1.51. The Morgan fingerprint density at radius 1 is 0.809 bits per heavy atom. The molecule has 1 N–H and O–H groups in total. The molecule has 15 heteroatoms. The van der Waals surface area contributed by atoms with Gasteiger partial charge in [0, 0.05) is 23.5 Å². The van der Waals surface area contributed by atoms with Gasteiger partial charge in [-0.05, 0) is 50.2 Å². The molecule has 5 heterocycles. The number of aromatic nitrogens is 6. The third-order valence-electron chi connectivity index (χ3n) is 7.65. The second-order valence-corrected chi connectivity index (χ2v) is 11.9. The first-order valence-electron chi connectivity index (χ1n) is 14.2. The molecule has 0 saturated carbocycles. The van der Waals surface area contributed by atoms with Crippen LogP contribution in [0.3, 0.4) is 0 Å². The van der Waals surface area contributed by atoms with Crippen molar-refractivity contribution in [2.24, 2.45) is 0 Å². The largest absolute Gasteiger partial charge is 0.484 e. The Kier molecular flexibility index (Phi) is 7.45. The summed E-state index contributed by atoms with van der Waals surface area (Å²) in [5.41, 5.74) is 4.99. The van der Waals surface area contributed by atoms with Crippen LogP contribution >= 0.6 is 11.8 Å². The summed E-state index contributed by atoms with van der Waals surface area (Å²) < 4.78 is 93.2. The number of aryl methyl sites for hydroxylation is 1. The molecule has 0 bridgehead atoms. The lowest BCUT2D eigenvalue weighted by molar-refractivity contribution is -0.154. The predicted octanol–water partition coefficient (Wildman–Crippen LogP) is 8.39. The van der Waals surface area contributed by atoms with Crippen molar-refractivity contribution in [3.63, 3.8) is 0 Å². The number of hydrogen-bond donors (Lipinski definition) is 1. The molecule has 1 unspecified atom stereocenters. The standard InChI is InChI=1S/C32H24F6N6O2S/c1-17-23(45-15-31(33,34)35)11-13-39-25(17)28(47-29-40-19-7-3-4-8-20(19)41-29)27-26-18(2)24(46-16-32(36,37)38)12-14-43(26)30-42-21-9-5-6-10-22(21)44(27)30/h3-14,28H,15-16H2,1-2H3,(H,40,41). The SMILES string of the molecule is Cc1c(OCC(F)(F)F)ccnc1C(Sc1nc2ccccc2[nH]1)c1c2c(C)c(OCC(F)(F)F)ccn2c2nc3ccccc3n12. The van der Waals surface area contributed by atoms with Gasteiger partial charge in [0.05, 0.1) is 44.2 Å². The molecular weight excluding hydrogens is 646 g/mol. The number of imidazole rings is 3. The maximum absolute atomic E-state index is 13.2. The minimum Gasteiger partial charge on any atom is -0.484 e. The maximum atomic E-state index is 13.2. The molecule has 0 radical (unpaired) electrons. The van der Waals surface area contributed by atoms with Crippen LogP contribution < -0.4 is 9.47 Å². The number of halogens is 6. The number of para-hydroxylation sites is 4. The number of hydrogen-bond acceptors (Lipinski definition) is 6. The van der Waals surface area contributed by atoms with E-state index in [0.29, 0.717) is 55.5 Å². The van der Waals surface area contributed by atoms with Crippen LogP contribution in [0.2, 0.25) is 0 Å². The van der Waals surface area contributed by atoms with Gasteiger partial charge in [-0.15, -0.1) is 0 Å². The third-order valence-corrected chi connectivity index (χ3v) is 8.75. The highest BCUT2D eigenvalue weighted by Crippen LogP contribution is 2.46. The number of fused-ring (bicyclic) bond motifs is 6. The molecule has 1 atom stereocenters. The number of thioether (sulfide) groups is 1. The number of rotatable bonds is 8. The van der Waals surface area contributed by atoms with Gasteiger partial charge in [0.1, 0.15) is 11.5 Å². The zero-order valence-corrected chi connectivity index (χ0v) is 25.5. The molecule has 8 nitrogen and oxygen atoms in total. The summed E-state index contributed by atoms with van der Waals surface area (Å²) in [6, 6.07) is 17.6. The lowest BCUT2D eigenvalue weighted by atomic mass is 10.1. The molecular formula is C32H24F6N6O2S. The summed E-state index contributed by atoms with van der Waals surface area (Å²) in [6.45, 7) is 0.282. The van der Waals surface area contributed by atoms with E-state index in [2.05, 4.69) is 9.97 Å². The van der Waals surface area contributed by atoms with E-state index >= 15 is 0 Å². The Hall–Kier alpha value is -4.92. The summed E-state index contributed by atoms with van der Waals surface area (Å²) >= 11 is 1.26. The quantitative estimate of drug-likeness (QED) is 0.129. The van der Waals surface area contributed by atoms with Gasteiger partial charge in [-0.3, -0.25) is 13.8 Å². The molecule has 2 aromatic carbocycles. The maximum Gasteiger partial charge on any atom is 0.422 e. The van der Waals surface area contributed by atoms with E-state index in [-0.39, 0.29) is 11.5 Å². The van der Waals surface area contributed by atoms with E-state index in [1.807, 2.05) is 52.9 Å². The lowest BCUT2D eigenvalue weighted by Crippen LogP contribution is -2.20. The van der Waals surface area contributed by atoms with Crippen molar-refractivity contribution >= 4 is 45.1 Å². The van der Waals surface area contributed by atoms with Crippen molar-refractivity contribution in [3.8, 4) is 11.5 Å². The number of nitrogens with zero attached hydrogens (tertiary/aromatic N) is 5. The van der Waals surface area contributed by atoms with E-state index in [4.69, 9.17) is 19.4 Å². The number of ether oxygens (including phenoxy) is 2. The second kappa shape index (κ2) is 11.4. The monoisotopic (exact) mass is 670 g/mol. The van der Waals surface area contributed by atoms with Crippen LogP contribution in [0.25, 0.3) is 33.4 Å². The fourth-order valence-corrected chi connectivity index (χ4v) is 6.87. The van der Waals surface area contributed by atoms with Crippen LogP contribution in [-0.2, 0) is 0 Å². The van der Waals surface area contributed by atoms with Gasteiger partial charge in [0.2, 0.25) is 5.78 Å². The number of alkyl halides is 6. The molecule has 0 saturated heterocycles. The summed E-state index contributed by atoms with van der Waals surface area (Å²) in [7, 11) is 0. The van der Waals surface area contributed by atoms with Gasteiger partial charge in [-0.2, -0.15) is 26.3 Å². The highest BCUT2D eigenvalue weighted by atomic mass is 32.2. The van der Waals surface area contributed by atoms with Gasteiger partial charge in [0.25, 0.3) is 0 Å². The Bertz CT molecular complexity index is 2240. The first-order valence-corrected chi connectivity index (χ1v) is 15.1. The van der Waals surface area contributed by atoms with Gasteiger partial charge < -0.3 is 14.5 Å². The summed E-state index contributed by atoms with van der Waals surface area (Å²) in [5.74, 6) is 0.475. The topological polar surface area (TPSA) is 81.7 Å². The van der Waals surface area contributed by atoms with Crippen LogP contribution in [0.15, 0.2) is 78.2 Å². The van der Waals surface area contributed by atoms with Gasteiger partial charge in [-0.25, -0.2) is 9.97 Å². The summed E-state index contributed by atoms with van der Waals surface area (Å²) in [6.07, 6.45) is -6.17. The van der Waals surface area contributed by atoms with Crippen LogP contribution in [0.1, 0.15) is 27.8 Å². The average molecular weight is 671 g/mol. The lowest BCUT2D eigenvalue weighted by Gasteiger charge is -2.21. The fraction of sp³-hybridized carbons (Fsp3) is 0.219. The third kappa shape index (κ3) is 5.79. The number of pyridine rings is 2. The minimum atomic E-state index is -4.57. The molecule has 7 aromatic rings. The van der Waals surface area contributed by atoms with E-state index in [0.717, 1.165) is 5.52 Å². The Morgan fingerprint density at radius 2 is 1.47 bits per heavy atom. The Labute approximate surface area is 266 Å². The van der Waals surface area contributed by atoms with Crippen LogP contribution in [0, 0.1) is 13.8 Å². The van der Waals surface area contributed by atoms with E-state index in [9.17, 15) is 26.3 Å². The first-order chi connectivity index (χ1) is 22.4.